The molecule has 0 unspecified atom stereocenters. The van der Waals surface area contributed by atoms with Crippen molar-refractivity contribution in [1.82, 2.24) is 0 Å². The second kappa shape index (κ2) is 4.71. The number of aryl methyl sites for hydroxylation is 1. The van der Waals surface area contributed by atoms with E-state index in [1.54, 1.807) is 12.1 Å². The van der Waals surface area contributed by atoms with Gasteiger partial charge in [-0.2, -0.15) is 0 Å². The molecule has 0 saturated heterocycles. The Kier molecular flexibility index (Phi) is 3.10. The minimum Gasteiger partial charge on any atom is -0.508 e. The van der Waals surface area contributed by atoms with Crippen LogP contribution in [0.15, 0.2) is 48.5 Å². The quantitative estimate of drug-likeness (QED) is 0.762. The van der Waals surface area contributed by atoms with Gasteiger partial charge in [0.05, 0.1) is 0 Å². The maximum Gasteiger partial charge on any atom is 0.115 e. The molecule has 0 heterocycles. The zero-order valence-electron chi connectivity index (χ0n) is 9.27. The van der Waals surface area contributed by atoms with E-state index in [1.807, 2.05) is 24.3 Å². The molecule has 0 aliphatic rings. The van der Waals surface area contributed by atoms with Gasteiger partial charge in [-0.15, -0.1) is 0 Å². The lowest BCUT2D eigenvalue weighted by atomic mass is 10.1. The van der Waals surface area contributed by atoms with Crippen molar-refractivity contribution < 1.29 is 5.11 Å². The Morgan fingerprint density at radius 2 is 1.75 bits per heavy atom. The van der Waals surface area contributed by atoms with Crippen molar-refractivity contribution in [1.29, 1.82) is 0 Å². The fourth-order valence-electron chi connectivity index (χ4n) is 1.58. The minimum absolute atomic E-state index is 0.285. The van der Waals surface area contributed by atoms with Crippen LogP contribution in [0.5, 0.6) is 5.75 Å². The molecule has 0 aliphatic heterocycles. The summed E-state index contributed by atoms with van der Waals surface area (Å²) in [5.41, 5.74) is 3.36. The molecular formula is C14H15NO. The molecule has 0 aromatic heterocycles. The van der Waals surface area contributed by atoms with Gasteiger partial charge in [0.1, 0.15) is 5.75 Å². The first-order valence-corrected chi connectivity index (χ1v) is 5.43. The summed E-state index contributed by atoms with van der Waals surface area (Å²) in [7, 11) is 0. The van der Waals surface area contributed by atoms with Gasteiger partial charge in [-0.05, 0) is 48.4 Å². The van der Waals surface area contributed by atoms with Crippen LogP contribution in [0.25, 0.3) is 0 Å². The van der Waals surface area contributed by atoms with E-state index in [2.05, 4.69) is 24.4 Å². The zero-order chi connectivity index (χ0) is 11.4. The summed E-state index contributed by atoms with van der Waals surface area (Å²) in [6.45, 7) is 2.14. The van der Waals surface area contributed by atoms with Crippen molar-refractivity contribution in [3.05, 3.63) is 54.1 Å². The lowest BCUT2D eigenvalue weighted by Gasteiger charge is -2.07. The van der Waals surface area contributed by atoms with Crippen molar-refractivity contribution in [3.8, 4) is 5.75 Å². The molecule has 0 spiro atoms. The first-order chi connectivity index (χ1) is 7.78. The third kappa shape index (κ3) is 2.54. The largest absolute Gasteiger partial charge is 0.508 e. The van der Waals surface area contributed by atoms with E-state index < -0.39 is 0 Å². The smallest absolute Gasteiger partial charge is 0.115 e. The van der Waals surface area contributed by atoms with Gasteiger partial charge < -0.3 is 10.4 Å². The Morgan fingerprint density at radius 3 is 2.44 bits per heavy atom. The van der Waals surface area contributed by atoms with Crippen LogP contribution in [0, 0.1) is 0 Å². The number of anilines is 2. The first kappa shape index (κ1) is 10.6. The topological polar surface area (TPSA) is 32.3 Å². The summed E-state index contributed by atoms with van der Waals surface area (Å²) in [4.78, 5) is 0. The van der Waals surface area contributed by atoms with Crippen molar-refractivity contribution >= 4 is 11.4 Å². The molecule has 16 heavy (non-hydrogen) atoms. The average molecular weight is 213 g/mol. The molecule has 2 aromatic carbocycles. The van der Waals surface area contributed by atoms with E-state index in [-0.39, 0.29) is 5.75 Å². The molecule has 0 amide bonds. The van der Waals surface area contributed by atoms with Crippen LogP contribution in [0.4, 0.5) is 11.4 Å². The molecular weight excluding hydrogens is 198 g/mol. The predicted octanol–water partition coefficient (Wildman–Crippen LogP) is 3.70. The fraction of sp³-hybridized carbons (Fsp3) is 0.143. The summed E-state index contributed by atoms with van der Waals surface area (Å²) in [5, 5.41) is 12.5. The van der Waals surface area contributed by atoms with E-state index in [0.29, 0.717) is 0 Å². The number of aromatic hydroxyl groups is 1. The Balaban J connectivity index is 2.16. The third-order valence-electron chi connectivity index (χ3n) is 2.49. The van der Waals surface area contributed by atoms with Gasteiger partial charge in [0.15, 0.2) is 0 Å². The number of phenolic OH excluding ortho intramolecular Hbond substituents is 1. The van der Waals surface area contributed by atoms with Crippen molar-refractivity contribution in [2.75, 3.05) is 5.32 Å². The molecule has 0 atom stereocenters. The van der Waals surface area contributed by atoms with Gasteiger partial charge in [0.25, 0.3) is 0 Å². The highest BCUT2D eigenvalue weighted by Gasteiger charge is 1.96. The van der Waals surface area contributed by atoms with Crippen molar-refractivity contribution in [3.63, 3.8) is 0 Å². The molecule has 2 rings (SSSR count). The van der Waals surface area contributed by atoms with Gasteiger partial charge in [0.2, 0.25) is 0 Å². The van der Waals surface area contributed by atoms with Crippen LogP contribution in [-0.2, 0) is 6.42 Å². The summed E-state index contributed by atoms with van der Waals surface area (Å²) in [6, 6.07) is 15.4. The standard InChI is InChI=1S/C14H15NO/c1-2-11-4-3-5-13(10-11)15-12-6-8-14(16)9-7-12/h3-10,15-16H,2H2,1H3. The van der Waals surface area contributed by atoms with Gasteiger partial charge in [-0.25, -0.2) is 0 Å². The van der Waals surface area contributed by atoms with Crippen LogP contribution in [0.2, 0.25) is 0 Å². The maximum atomic E-state index is 9.18. The second-order valence-corrected chi connectivity index (χ2v) is 3.73. The molecule has 0 bridgehead atoms. The minimum atomic E-state index is 0.285. The molecule has 0 aliphatic carbocycles. The molecule has 2 N–H and O–H groups in total. The molecule has 0 saturated carbocycles. The number of phenols is 1. The van der Waals surface area contributed by atoms with E-state index in [0.717, 1.165) is 17.8 Å². The number of hydrogen-bond donors (Lipinski definition) is 2. The number of rotatable bonds is 3. The Morgan fingerprint density at radius 1 is 1.00 bits per heavy atom. The average Bonchev–Trinajstić information content (AvgIpc) is 2.32. The third-order valence-corrected chi connectivity index (χ3v) is 2.49. The fourth-order valence-corrected chi connectivity index (χ4v) is 1.58. The SMILES string of the molecule is CCc1cccc(Nc2ccc(O)cc2)c1. The highest BCUT2D eigenvalue weighted by Crippen LogP contribution is 2.20. The molecule has 2 nitrogen and oxygen atoms in total. The zero-order valence-corrected chi connectivity index (χ0v) is 9.27. The van der Waals surface area contributed by atoms with E-state index in [9.17, 15) is 5.11 Å². The van der Waals surface area contributed by atoms with Gasteiger partial charge in [-0.3, -0.25) is 0 Å². The van der Waals surface area contributed by atoms with Gasteiger partial charge in [0, 0.05) is 11.4 Å². The summed E-state index contributed by atoms with van der Waals surface area (Å²) in [6.07, 6.45) is 1.03. The molecule has 2 heteroatoms. The van der Waals surface area contributed by atoms with Gasteiger partial charge >= 0.3 is 0 Å². The van der Waals surface area contributed by atoms with Crippen molar-refractivity contribution in [2.24, 2.45) is 0 Å². The maximum absolute atomic E-state index is 9.18. The predicted molar refractivity (Wildman–Crippen MR) is 67.2 cm³/mol. The highest BCUT2D eigenvalue weighted by atomic mass is 16.3. The Hall–Kier alpha value is -1.96. The van der Waals surface area contributed by atoms with Crippen LogP contribution >= 0.6 is 0 Å². The number of nitrogens with one attached hydrogen (secondary N) is 1. The molecule has 2 aromatic rings. The summed E-state index contributed by atoms with van der Waals surface area (Å²) < 4.78 is 0. The number of hydrogen-bond acceptors (Lipinski definition) is 2. The van der Waals surface area contributed by atoms with Crippen LogP contribution in [0.1, 0.15) is 12.5 Å². The lowest BCUT2D eigenvalue weighted by Crippen LogP contribution is -1.90. The normalized spacial score (nSPS) is 10.1. The number of benzene rings is 2. The van der Waals surface area contributed by atoms with E-state index >= 15 is 0 Å². The van der Waals surface area contributed by atoms with Gasteiger partial charge in [-0.1, -0.05) is 19.1 Å². The molecule has 0 radical (unpaired) electrons. The van der Waals surface area contributed by atoms with E-state index in [4.69, 9.17) is 0 Å². The molecule has 0 fully saturated rings. The van der Waals surface area contributed by atoms with Crippen LogP contribution in [-0.4, -0.2) is 5.11 Å². The summed E-state index contributed by atoms with van der Waals surface area (Å²) >= 11 is 0. The first-order valence-electron chi connectivity index (χ1n) is 5.43. The lowest BCUT2D eigenvalue weighted by molar-refractivity contribution is 0.475. The second-order valence-electron chi connectivity index (χ2n) is 3.73. The van der Waals surface area contributed by atoms with Crippen molar-refractivity contribution in [2.45, 2.75) is 13.3 Å². The summed E-state index contributed by atoms with van der Waals surface area (Å²) in [5.74, 6) is 0.285. The van der Waals surface area contributed by atoms with Crippen LogP contribution < -0.4 is 5.32 Å². The van der Waals surface area contributed by atoms with Crippen LogP contribution in [0.3, 0.4) is 0 Å². The van der Waals surface area contributed by atoms with E-state index in [1.165, 1.54) is 5.56 Å². The Labute approximate surface area is 95.6 Å². The Bertz CT molecular complexity index is 462. The monoisotopic (exact) mass is 213 g/mol. The highest BCUT2D eigenvalue weighted by molar-refractivity contribution is 5.60. The molecule has 82 valence electrons.